The highest BCUT2D eigenvalue weighted by Gasteiger charge is 2.13. The van der Waals surface area contributed by atoms with Crippen LogP contribution in [0.3, 0.4) is 0 Å². The van der Waals surface area contributed by atoms with E-state index in [1.54, 1.807) is 12.1 Å². The summed E-state index contributed by atoms with van der Waals surface area (Å²) in [6.07, 6.45) is 0. The number of nitrogens with zero attached hydrogens (tertiary/aromatic N) is 2. The standard InChI is InChI=1S/C20H21FN4O/c1-14-17(12-22-20(26)23-19-11-7-6-10-18(19)21)15(2)25(24-14)13-16-8-4-3-5-9-16/h3-11H,12-13H2,1-2H3,(H2,22,23,26). The van der Waals surface area contributed by atoms with E-state index in [0.717, 1.165) is 22.5 Å². The predicted molar refractivity (Wildman–Crippen MR) is 99.5 cm³/mol. The molecule has 0 unspecified atom stereocenters. The number of anilines is 1. The fourth-order valence-electron chi connectivity index (χ4n) is 2.80. The lowest BCUT2D eigenvalue weighted by Crippen LogP contribution is -2.29. The molecular weight excluding hydrogens is 331 g/mol. The molecule has 3 aromatic rings. The third kappa shape index (κ3) is 4.08. The number of amides is 2. The molecule has 0 fully saturated rings. The third-order valence-corrected chi connectivity index (χ3v) is 4.25. The van der Waals surface area contributed by atoms with Crippen molar-refractivity contribution in [3.05, 3.63) is 82.9 Å². The van der Waals surface area contributed by atoms with Crippen molar-refractivity contribution in [1.82, 2.24) is 15.1 Å². The van der Waals surface area contributed by atoms with E-state index in [1.165, 1.54) is 12.1 Å². The molecule has 1 aromatic heterocycles. The Kier molecular flexibility index (Phi) is 5.31. The largest absolute Gasteiger partial charge is 0.334 e. The molecule has 0 saturated heterocycles. The lowest BCUT2D eigenvalue weighted by molar-refractivity contribution is 0.251. The van der Waals surface area contributed by atoms with Crippen molar-refractivity contribution >= 4 is 11.7 Å². The van der Waals surface area contributed by atoms with Gasteiger partial charge in [-0.25, -0.2) is 9.18 Å². The molecule has 6 heteroatoms. The summed E-state index contributed by atoms with van der Waals surface area (Å²) in [6.45, 7) is 4.90. The molecule has 0 atom stereocenters. The molecule has 0 spiro atoms. The summed E-state index contributed by atoms with van der Waals surface area (Å²) in [5.74, 6) is -0.467. The highest BCUT2D eigenvalue weighted by molar-refractivity contribution is 5.89. The van der Waals surface area contributed by atoms with E-state index < -0.39 is 11.8 Å². The molecule has 0 saturated carbocycles. The van der Waals surface area contributed by atoms with Gasteiger partial charge in [0.15, 0.2) is 0 Å². The second kappa shape index (κ2) is 7.82. The molecule has 5 nitrogen and oxygen atoms in total. The zero-order valence-electron chi connectivity index (χ0n) is 14.8. The van der Waals surface area contributed by atoms with Crippen LogP contribution in [0.4, 0.5) is 14.9 Å². The zero-order chi connectivity index (χ0) is 18.5. The Morgan fingerprint density at radius 3 is 2.50 bits per heavy atom. The number of nitrogens with one attached hydrogen (secondary N) is 2. The second-order valence-electron chi connectivity index (χ2n) is 6.08. The number of carbonyl (C=O) groups is 1. The van der Waals surface area contributed by atoms with E-state index in [4.69, 9.17) is 0 Å². The summed E-state index contributed by atoms with van der Waals surface area (Å²) < 4.78 is 15.5. The number of carbonyl (C=O) groups excluding carboxylic acids is 1. The average molecular weight is 352 g/mol. The summed E-state index contributed by atoms with van der Waals surface area (Å²) in [6, 6.07) is 15.7. The molecule has 0 bridgehead atoms. The molecule has 134 valence electrons. The molecule has 2 aromatic carbocycles. The smallest absolute Gasteiger partial charge is 0.319 e. The minimum absolute atomic E-state index is 0.151. The minimum Gasteiger partial charge on any atom is -0.334 e. The van der Waals surface area contributed by atoms with Crippen molar-refractivity contribution in [2.24, 2.45) is 0 Å². The number of urea groups is 1. The van der Waals surface area contributed by atoms with Crippen LogP contribution in [0.5, 0.6) is 0 Å². The van der Waals surface area contributed by atoms with Crippen molar-refractivity contribution in [2.75, 3.05) is 5.32 Å². The van der Waals surface area contributed by atoms with Gasteiger partial charge in [-0.2, -0.15) is 5.10 Å². The van der Waals surface area contributed by atoms with E-state index in [-0.39, 0.29) is 5.69 Å². The van der Waals surface area contributed by atoms with Gasteiger partial charge in [-0.3, -0.25) is 4.68 Å². The van der Waals surface area contributed by atoms with Crippen LogP contribution in [-0.2, 0) is 13.1 Å². The Balaban J connectivity index is 1.65. The van der Waals surface area contributed by atoms with Gasteiger partial charge in [0.1, 0.15) is 5.82 Å². The molecule has 0 radical (unpaired) electrons. The van der Waals surface area contributed by atoms with Crippen LogP contribution in [-0.4, -0.2) is 15.8 Å². The van der Waals surface area contributed by atoms with Crippen LogP contribution in [0, 0.1) is 19.7 Å². The van der Waals surface area contributed by atoms with Crippen LogP contribution in [0.15, 0.2) is 54.6 Å². The number of hydrogen-bond donors (Lipinski definition) is 2. The van der Waals surface area contributed by atoms with Gasteiger partial charge in [0.05, 0.1) is 17.9 Å². The molecule has 1 heterocycles. The number of para-hydroxylation sites is 1. The maximum absolute atomic E-state index is 13.6. The van der Waals surface area contributed by atoms with E-state index in [2.05, 4.69) is 27.9 Å². The maximum Gasteiger partial charge on any atom is 0.319 e. The van der Waals surface area contributed by atoms with Gasteiger partial charge in [0.25, 0.3) is 0 Å². The van der Waals surface area contributed by atoms with Gasteiger partial charge < -0.3 is 10.6 Å². The number of aromatic nitrogens is 2. The van der Waals surface area contributed by atoms with Gasteiger partial charge in [0.2, 0.25) is 0 Å². The first-order chi connectivity index (χ1) is 12.5. The van der Waals surface area contributed by atoms with Crippen molar-refractivity contribution < 1.29 is 9.18 Å². The van der Waals surface area contributed by atoms with Gasteiger partial charge in [-0.15, -0.1) is 0 Å². The summed E-state index contributed by atoms with van der Waals surface area (Å²) in [4.78, 5) is 12.0. The number of aryl methyl sites for hydroxylation is 1. The Morgan fingerprint density at radius 2 is 1.77 bits per heavy atom. The van der Waals surface area contributed by atoms with Gasteiger partial charge >= 0.3 is 6.03 Å². The van der Waals surface area contributed by atoms with Crippen LogP contribution >= 0.6 is 0 Å². The highest BCUT2D eigenvalue weighted by Crippen LogP contribution is 2.15. The molecule has 3 rings (SSSR count). The molecule has 0 aliphatic heterocycles. The second-order valence-corrected chi connectivity index (χ2v) is 6.08. The van der Waals surface area contributed by atoms with Crippen molar-refractivity contribution in [2.45, 2.75) is 26.9 Å². The van der Waals surface area contributed by atoms with Crippen LogP contribution < -0.4 is 10.6 Å². The van der Waals surface area contributed by atoms with Crippen LogP contribution in [0.1, 0.15) is 22.5 Å². The molecule has 2 amide bonds. The summed E-state index contributed by atoms with van der Waals surface area (Å²) in [5, 5.41) is 9.84. The SMILES string of the molecule is Cc1nn(Cc2ccccc2)c(C)c1CNC(=O)Nc1ccccc1F. The van der Waals surface area contributed by atoms with Crippen LogP contribution in [0.2, 0.25) is 0 Å². The topological polar surface area (TPSA) is 59.0 Å². The van der Waals surface area contributed by atoms with E-state index in [0.29, 0.717) is 13.1 Å². The normalized spacial score (nSPS) is 10.6. The third-order valence-electron chi connectivity index (χ3n) is 4.25. The quantitative estimate of drug-likeness (QED) is 0.729. The van der Waals surface area contributed by atoms with Crippen molar-refractivity contribution in [1.29, 1.82) is 0 Å². The van der Waals surface area contributed by atoms with Crippen molar-refractivity contribution in [3.8, 4) is 0 Å². The van der Waals surface area contributed by atoms with Crippen molar-refractivity contribution in [3.63, 3.8) is 0 Å². The molecule has 2 N–H and O–H groups in total. The lowest BCUT2D eigenvalue weighted by Gasteiger charge is -2.09. The first kappa shape index (κ1) is 17.7. The first-order valence-electron chi connectivity index (χ1n) is 8.41. The number of benzene rings is 2. The predicted octanol–water partition coefficient (Wildman–Crippen LogP) is 4.01. The number of rotatable bonds is 5. The fraction of sp³-hybridized carbons (Fsp3) is 0.200. The molecular formula is C20H21FN4O. The molecule has 0 aliphatic rings. The highest BCUT2D eigenvalue weighted by atomic mass is 19.1. The Morgan fingerprint density at radius 1 is 1.08 bits per heavy atom. The monoisotopic (exact) mass is 352 g/mol. The molecule has 26 heavy (non-hydrogen) atoms. The average Bonchev–Trinajstić information content (AvgIpc) is 2.89. The minimum atomic E-state index is -0.467. The Labute approximate surface area is 151 Å². The summed E-state index contributed by atoms with van der Waals surface area (Å²) in [7, 11) is 0. The Hall–Kier alpha value is -3.15. The lowest BCUT2D eigenvalue weighted by atomic mass is 10.2. The van der Waals surface area contributed by atoms with E-state index in [1.807, 2.05) is 36.7 Å². The zero-order valence-corrected chi connectivity index (χ0v) is 14.8. The first-order valence-corrected chi connectivity index (χ1v) is 8.41. The number of hydrogen-bond acceptors (Lipinski definition) is 2. The van der Waals surface area contributed by atoms with E-state index in [9.17, 15) is 9.18 Å². The van der Waals surface area contributed by atoms with Gasteiger partial charge in [0, 0.05) is 17.8 Å². The molecule has 0 aliphatic carbocycles. The van der Waals surface area contributed by atoms with Gasteiger partial charge in [-0.1, -0.05) is 42.5 Å². The summed E-state index contributed by atoms with van der Waals surface area (Å²) >= 11 is 0. The Bertz CT molecular complexity index is 905. The summed E-state index contributed by atoms with van der Waals surface area (Å²) in [5.41, 5.74) is 4.14. The van der Waals surface area contributed by atoms with Crippen LogP contribution in [0.25, 0.3) is 0 Å². The maximum atomic E-state index is 13.6. The van der Waals surface area contributed by atoms with E-state index >= 15 is 0 Å². The fourth-order valence-corrected chi connectivity index (χ4v) is 2.80. The number of halogens is 1. The van der Waals surface area contributed by atoms with Gasteiger partial charge in [-0.05, 0) is 31.5 Å².